The second-order valence-electron chi connectivity index (χ2n) is 4.89. The summed E-state index contributed by atoms with van der Waals surface area (Å²) in [6.45, 7) is 4.37. The quantitative estimate of drug-likeness (QED) is 0.892. The van der Waals surface area contributed by atoms with E-state index in [0.29, 0.717) is 6.61 Å². The first-order valence-electron chi connectivity index (χ1n) is 6.11. The lowest BCUT2D eigenvalue weighted by Gasteiger charge is -2.18. The van der Waals surface area contributed by atoms with E-state index >= 15 is 0 Å². The maximum absolute atomic E-state index is 9.16. The maximum Gasteiger partial charge on any atom is 0.163 e. The van der Waals surface area contributed by atoms with Gasteiger partial charge in [-0.15, -0.1) is 0 Å². The van der Waals surface area contributed by atoms with Gasteiger partial charge in [0.25, 0.3) is 0 Å². The molecule has 1 saturated heterocycles. The number of aliphatic hydroxyl groups is 1. The standard InChI is InChI=1S/C14H20O4/c1-14(2)17-9-13(18-14)11-6-4-10(5-7-11)12(8-15)16-3/h4-7,12-13,15H,8-9H2,1-3H3/t12-,13?/m0/s1. The lowest BCUT2D eigenvalue weighted by Crippen LogP contribution is -2.19. The van der Waals surface area contributed by atoms with Gasteiger partial charge in [-0.1, -0.05) is 24.3 Å². The first kappa shape index (κ1) is 13.5. The number of methoxy groups -OCH3 is 1. The van der Waals surface area contributed by atoms with Crippen molar-refractivity contribution in [2.75, 3.05) is 20.3 Å². The second-order valence-corrected chi connectivity index (χ2v) is 4.89. The number of ether oxygens (including phenoxy) is 3. The van der Waals surface area contributed by atoms with Crippen molar-refractivity contribution in [2.24, 2.45) is 0 Å². The zero-order valence-electron chi connectivity index (χ0n) is 11.1. The Labute approximate surface area is 107 Å². The van der Waals surface area contributed by atoms with Crippen LogP contribution in [0.25, 0.3) is 0 Å². The number of benzene rings is 1. The van der Waals surface area contributed by atoms with Crippen molar-refractivity contribution in [3.8, 4) is 0 Å². The van der Waals surface area contributed by atoms with Crippen LogP contribution in [-0.2, 0) is 14.2 Å². The van der Waals surface area contributed by atoms with Gasteiger partial charge in [0.1, 0.15) is 12.2 Å². The predicted octanol–water partition coefficient (Wildman–Crippen LogP) is 2.19. The first-order chi connectivity index (χ1) is 8.55. The van der Waals surface area contributed by atoms with Crippen LogP contribution >= 0.6 is 0 Å². The largest absolute Gasteiger partial charge is 0.393 e. The highest BCUT2D eigenvalue weighted by Gasteiger charge is 2.33. The van der Waals surface area contributed by atoms with E-state index in [4.69, 9.17) is 19.3 Å². The molecule has 1 aromatic carbocycles. The molecule has 0 spiro atoms. The molecule has 0 bridgehead atoms. The van der Waals surface area contributed by atoms with Crippen molar-refractivity contribution in [1.82, 2.24) is 0 Å². The molecule has 0 saturated carbocycles. The van der Waals surface area contributed by atoms with Crippen molar-refractivity contribution >= 4 is 0 Å². The number of aliphatic hydroxyl groups excluding tert-OH is 1. The molecular formula is C14H20O4. The van der Waals surface area contributed by atoms with Crippen LogP contribution < -0.4 is 0 Å². The number of hydrogen-bond acceptors (Lipinski definition) is 4. The van der Waals surface area contributed by atoms with Gasteiger partial charge in [-0.25, -0.2) is 0 Å². The molecule has 1 aliphatic heterocycles. The molecule has 0 amide bonds. The molecule has 0 aliphatic carbocycles. The Morgan fingerprint density at radius 1 is 1.39 bits per heavy atom. The first-order valence-corrected chi connectivity index (χ1v) is 6.11. The number of rotatable bonds is 4. The van der Waals surface area contributed by atoms with Crippen molar-refractivity contribution in [2.45, 2.75) is 31.8 Å². The van der Waals surface area contributed by atoms with Gasteiger partial charge < -0.3 is 19.3 Å². The molecule has 1 fully saturated rings. The van der Waals surface area contributed by atoms with Crippen LogP contribution in [0.2, 0.25) is 0 Å². The normalized spacial score (nSPS) is 24.1. The molecule has 1 unspecified atom stereocenters. The maximum atomic E-state index is 9.16. The highest BCUT2D eigenvalue weighted by molar-refractivity contribution is 5.26. The van der Waals surface area contributed by atoms with Gasteiger partial charge in [-0.3, -0.25) is 0 Å². The predicted molar refractivity (Wildman–Crippen MR) is 67.1 cm³/mol. The minimum Gasteiger partial charge on any atom is -0.393 e. The summed E-state index contributed by atoms with van der Waals surface area (Å²) in [5.41, 5.74) is 2.04. The Bertz CT molecular complexity index is 381. The van der Waals surface area contributed by atoms with Gasteiger partial charge in [-0.05, 0) is 25.0 Å². The van der Waals surface area contributed by atoms with Crippen molar-refractivity contribution < 1.29 is 19.3 Å². The van der Waals surface area contributed by atoms with Gasteiger partial charge in [0.2, 0.25) is 0 Å². The molecule has 1 heterocycles. The highest BCUT2D eigenvalue weighted by Crippen LogP contribution is 2.33. The molecule has 0 radical (unpaired) electrons. The fourth-order valence-electron chi connectivity index (χ4n) is 2.09. The molecule has 1 N–H and O–H groups in total. The summed E-state index contributed by atoms with van der Waals surface area (Å²) in [4.78, 5) is 0. The third kappa shape index (κ3) is 2.90. The highest BCUT2D eigenvalue weighted by atomic mass is 16.7. The molecule has 1 aliphatic rings. The van der Waals surface area contributed by atoms with Gasteiger partial charge in [0.15, 0.2) is 5.79 Å². The van der Waals surface area contributed by atoms with Crippen LogP contribution in [0.5, 0.6) is 0 Å². The molecule has 2 rings (SSSR count). The second kappa shape index (κ2) is 5.36. The summed E-state index contributed by atoms with van der Waals surface area (Å²) in [5.74, 6) is -0.510. The van der Waals surface area contributed by atoms with E-state index in [9.17, 15) is 0 Å². The van der Waals surface area contributed by atoms with Gasteiger partial charge in [-0.2, -0.15) is 0 Å². The smallest absolute Gasteiger partial charge is 0.163 e. The van der Waals surface area contributed by atoms with Crippen LogP contribution in [0.15, 0.2) is 24.3 Å². The fourth-order valence-corrected chi connectivity index (χ4v) is 2.09. The Hall–Kier alpha value is -0.940. The zero-order valence-corrected chi connectivity index (χ0v) is 11.1. The van der Waals surface area contributed by atoms with E-state index < -0.39 is 5.79 Å². The third-order valence-corrected chi connectivity index (χ3v) is 3.14. The van der Waals surface area contributed by atoms with E-state index in [0.717, 1.165) is 11.1 Å². The van der Waals surface area contributed by atoms with Crippen molar-refractivity contribution in [3.63, 3.8) is 0 Å². The molecule has 4 nitrogen and oxygen atoms in total. The van der Waals surface area contributed by atoms with Crippen molar-refractivity contribution in [1.29, 1.82) is 0 Å². The monoisotopic (exact) mass is 252 g/mol. The number of hydrogen-bond donors (Lipinski definition) is 1. The molecule has 0 aromatic heterocycles. The van der Waals surface area contributed by atoms with E-state index in [-0.39, 0.29) is 18.8 Å². The summed E-state index contributed by atoms with van der Waals surface area (Å²) in [5, 5.41) is 9.16. The molecule has 4 heteroatoms. The van der Waals surface area contributed by atoms with E-state index in [1.165, 1.54) is 0 Å². The average molecular weight is 252 g/mol. The van der Waals surface area contributed by atoms with Crippen LogP contribution in [0, 0.1) is 0 Å². The van der Waals surface area contributed by atoms with E-state index in [2.05, 4.69) is 0 Å². The van der Waals surface area contributed by atoms with Gasteiger partial charge in [0.05, 0.1) is 13.2 Å². The summed E-state index contributed by atoms with van der Waals surface area (Å²) < 4.78 is 16.5. The van der Waals surface area contributed by atoms with Gasteiger partial charge in [0, 0.05) is 7.11 Å². The lowest BCUT2D eigenvalue weighted by molar-refractivity contribution is -0.139. The van der Waals surface area contributed by atoms with Crippen LogP contribution in [-0.4, -0.2) is 31.2 Å². The molecule has 18 heavy (non-hydrogen) atoms. The molecule has 2 atom stereocenters. The van der Waals surface area contributed by atoms with Gasteiger partial charge >= 0.3 is 0 Å². The summed E-state index contributed by atoms with van der Waals surface area (Å²) in [7, 11) is 1.59. The van der Waals surface area contributed by atoms with Crippen LogP contribution in [0.3, 0.4) is 0 Å². The zero-order chi connectivity index (χ0) is 13.2. The van der Waals surface area contributed by atoms with E-state index in [1.54, 1.807) is 7.11 Å². The topological polar surface area (TPSA) is 47.9 Å². The SMILES string of the molecule is CO[C@@H](CO)c1ccc(C2COC(C)(C)O2)cc1. The Kier molecular flexibility index (Phi) is 4.02. The summed E-state index contributed by atoms with van der Waals surface area (Å²) in [6.07, 6.45) is -0.291. The molecule has 1 aromatic rings. The summed E-state index contributed by atoms with van der Waals surface area (Å²) >= 11 is 0. The minimum atomic E-state index is -0.510. The molecule has 100 valence electrons. The Morgan fingerprint density at radius 3 is 2.50 bits per heavy atom. The van der Waals surface area contributed by atoms with E-state index in [1.807, 2.05) is 38.1 Å². The van der Waals surface area contributed by atoms with Crippen LogP contribution in [0.4, 0.5) is 0 Å². The Balaban J connectivity index is 2.08. The molecular weight excluding hydrogens is 232 g/mol. The average Bonchev–Trinajstić information content (AvgIpc) is 2.72. The fraction of sp³-hybridized carbons (Fsp3) is 0.571. The minimum absolute atomic E-state index is 0.0219. The summed E-state index contributed by atoms with van der Waals surface area (Å²) in [6, 6.07) is 7.89. The van der Waals surface area contributed by atoms with Crippen molar-refractivity contribution in [3.05, 3.63) is 35.4 Å². The lowest BCUT2D eigenvalue weighted by atomic mass is 10.0. The van der Waals surface area contributed by atoms with Crippen LogP contribution in [0.1, 0.15) is 37.2 Å². The third-order valence-electron chi connectivity index (χ3n) is 3.14. The Morgan fingerprint density at radius 2 is 2.06 bits per heavy atom.